The Morgan fingerprint density at radius 1 is 1.03 bits per heavy atom. The summed E-state index contributed by atoms with van der Waals surface area (Å²) in [6.45, 7) is 6.25. The Hall–Kier alpha value is -0.620. The van der Waals surface area contributed by atoms with E-state index in [1.54, 1.807) is 23.3 Å². The summed E-state index contributed by atoms with van der Waals surface area (Å²) in [4.78, 5) is 61.3. The fraction of sp³-hybridized carbons (Fsp3) is 0.667. The number of amides is 4. The van der Waals surface area contributed by atoms with Gasteiger partial charge in [0.2, 0.25) is 23.6 Å². The van der Waals surface area contributed by atoms with Gasteiger partial charge in [0.25, 0.3) is 0 Å². The van der Waals surface area contributed by atoms with Gasteiger partial charge in [-0.2, -0.15) is 0 Å². The van der Waals surface area contributed by atoms with Crippen molar-refractivity contribution in [3.8, 4) is 0 Å². The van der Waals surface area contributed by atoms with Gasteiger partial charge in [-0.15, -0.1) is 11.4 Å². The van der Waals surface area contributed by atoms with Crippen molar-refractivity contribution in [2.24, 2.45) is 0 Å². The van der Waals surface area contributed by atoms with E-state index in [9.17, 15) is 24.0 Å². The molecule has 0 spiro atoms. The topological polar surface area (TPSA) is 152 Å². The largest absolute Gasteiger partial charge is 0.450 e. The van der Waals surface area contributed by atoms with Crippen LogP contribution in [0.5, 0.6) is 0 Å². The molecular weight excluding hydrogens is 504 g/mol. The molecule has 4 N–H and O–H groups in total. The van der Waals surface area contributed by atoms with Crippen LogP contribution in [0.4, 0.5) is 0 Å². The van der Waals surface area contributed by atoms with Crippen molar-refractivity contribution in [3.05, 3.63) is 0 Å². The van der Waals surface area contributed by atoms with Crippen molar-refractivity contribution in [1.82, 2.24) is 21.0 Å². The first-order chi connectivity index (χ1) is 14.3. The molecule has 0 bridgehead atoms. The third-order valence-electron chi connectivity index (χ3n) is 4.14. The van der Waals surface area contributed by atoms with Gasteiger partial charge >= 0.3 is 5.97 Å². The zero-order valence-corrected chi connectivity index (χ0v) is 23.0. The molecule has 0 heterocycles. The number of rotatable bonds is 12. The molecule has 8 atom stereocenters. The molecule has 0 aromatic heterocycles. The summed E-state index contributed by atoms with van der Waals surface area (Å²) in [7, 11) is 8.17. The first-order valence-corrected chi connectivity index (χ1v) is 12.7. The van der Waals surface area contributed by atoms with Crippen LogP contribution >= 0.6 is 48.1 Å². The second-order valence-electron chi connectivity index (χ2n) is 6.95. The van der Waals surface area contributed by atoms with E-state index in [1.165, 1.54) is 25.2 Å². The van der Waals surface area contributed by atoms with Gasteiger partial charge in [-0.25, -0.2) is 4.79 Å². The van der Waals surface area contributed by atoms with Crippen LogP contribution < -0.4 is 21.0 Å². The Kier molecular flexibility index (Phi) is 14.2. The highest BCUT2D eigenvalue weighted by Crippen LogP contribution is 2.33. The van der Waals surface area contributed by atoms with Crippen LogP contribution in [0.2, 0.25) is 0 Å². The predicted octanol–water partition coefficient (Wildman–Crippen LogP) is -0.412. The molecular formula is C15H30N4O7P4S. The number of carbonyl (C=O) groups excluding carboxylic acids is 5. The molecule has 178 valence electrons. The Labute approximate surface area is 195 Å². The lowest BCUT2D eigenvalue weighted by Crippen LogP contribution is -2.61. The molecule has 0 aliphatic heterocycles. The van der Waals surface area contributed by atoms with Crippen LogP contribution in [0.15, 0.2) is 0 Å². The minimum Gasteiger partial charge on any atom is -0.450 e. The van der Waals surface area contributed by atoms with E-state index >= 15 is 0 Å². The van der Waals surface area contributed by atoms with Crippen LogP contribution in [0.25, 0.3) is 0 Å². The van der Waals surface area contributed by atoms with E-state index in [1.807, 2.05) is 18.9 Å². The Bertz CT molecular complexity index is 686. The van der Waals surface area contributed by atoms with Crippen molar-refractivity contribution >= 4 is 77.7 Å². The van der Waals surface area contributed by atoms with Gasteiger partial charge in [-0.1, -0.05) is 8.44 Å². The molecule has 0 rings (SSSR count). The van der Waals surface area contributed by atoms with E-state index in [4.69, 9.17) is 4.52 Å². The fourth-order valence-electron chi connectivity index (χ4n) is 2.31. The molecule has 0 aliphatic rings. The number of carbonyl (C=O) groups is 5. The standard InChI is InChI=1S/C15H30N4O7P4S/c1-6(25-28)10(14(24)26-29)18-12(22)8(5-9(21)19-27)17-13(23)11(16-7(2)20)15(3,4)31-30/h6,8,10-11H,5,27-30H2,1-4H3,(H,16,20)(H,17,23)(H,18,22)(H,19,21)/t6-,8+,10+,11-/m1/s1. The molecule has 0 saturated carbocycles. The van der Waals surface area contributed by atoms with Gasteiger partial charge in [0, 0.05) is 21.1 Å². The molecule has 4 unspecified atom stereocenters. The summed E-state index contributed by atoms with van der Waals surface area (Å²) in [5, 5.41) is 9.76. The van der Waals surface area contributed by atoms with Gasteiger partial charge in [0.15, 0.2) is 6.04 Å². The number of hydrogen-bond donors (Lipinski definition) is 4. The SMILES string of the molecule is CC(=O)N[C@H](C(=O)N[C@@H](CC(=O)NP)C(=O)N[C@H](C(=O)OP)[C@@H](C)OP)C(C)(C)SP. The average molecular weight is 534 g/mol. The third-order valence-corrected chi connectivity index (χ3v) is 7.79. The summed E-state index contributed by atoms with van der Waals surface area (Å²) in [6, 6.07) is -3.55. The third kappa shape index (κ3) is 10.2. The zero-order chi connectivity index (χ0) is 24.4. The summed E-state index contributed by atoms with van der Waals surface area (Å²) in [5.41, 5.74) is 0. The normalized spacial score (nSPS) is 15.0. The van der Waals surface area contributed by atoms with Crippen LogP contribution in [0.1, 0.15) is 34.1 Å². The Morgan fingerprint density at radius 2 is 1.61 bits per heavy atom. The second-order valence-corrected chi connectivity index (χ2v) is 9.74. The first-order valence-electron chi connectivity index (χ1n) is 8.85. The minimum atomic E-state index is -1.34. The molecule has 0 aromatic carbocycles. The number of nitrogens with one attached hydrogen (secondary N) is 4. The Morgan fingerprint density at radius 3 is 2.03 bits per heavy atom. The molecule has 11 nitrogen and oxygen atoms in total. The lowest BCUT2D eigenvalue weighted by molar-refractivity contribution is -0.141. The molecule has 31 heavy (non-hydrogen) atoms. The maximum atomic E-state index is 12.9. The lowest BCUT2D eigenvalue weighted by atomic mass is 10.0. The maximum absolute atomic E-state index is 12.9. The molecule has 0 fully saturated rings. The van der Waals surface area contributed by atoms with Crippen molar-refractivity contribution in [2.75, 3.05) is 0 Å². The minimum absolute atomic E-state index is 0.416. The van der Waals surface area contributed by atoms with Crippen molar-refractivity contribution in [1.29, 1.82) is 0 Å². The molecule has 4 amide bonds. The number of hydrogen-bond acceptors (Lipinski definition) is 8. The van der Waals surface area contributed by atoms with Crippen molar-refractivity contribution in [3.63, 3.8) is 0 Å². The van der Waals surface area contributed by atoms with Crippen LogP contribution in [0.3, 0.4) is 0 Å². The maximum Gasteiger partial charge on any atom is 0.333 e. The average Bonchev–Trinajstić information content (AvgIpc) is 2.73. The van der Waals surface area contributed by atoms with Crippen LogP contribution in [-0.4, -0.2) is 58.6 Å². The summed E-state index contributed by atoms with van der Waals surface area (Å²) < 4.78 is 8.85. The van der Waals surface area contributed by atoms with E-state index in [0.29, 0.717) is 0 Å². The van der Waals surface area contributed by atoms with Crippen molar-refractivity contribution in [2.45, 2.75) is 63.1 Å². The summed E-state index contributed by atoms with van der Waals surface area (Å²) in [6.07, 6.45) is -1.20. The molecule has 0 aromatic rings. The van der Waals surface area contributed by atoms with Gasteiger partial charge < -0.3 is 30.1 Å². The molecule has 0 radical (unpaired) electrons. The highest BCUT2D eigenvalue weighted by Gasteiger charge is 2.38. The van der Waals surface area contributed by atoms with E-state index < -0.39 is 65.0 Å². The van der Waals surface area contributed by atoms with Gasteiger partial charge in [-0.05, 0) is 30.2 Å². The predicted molar refractivity (Wildman–Crippen MR) is 131 cm³/mol. The van der Waals surface area contributed by atoms with E-state index in [2.05, 4.69) is 34.0 Å². The van der Waals surface area contributed by atoms with Crippen molar-refractivity contribution < 1.29 is 33.0 Å². The molecule has 16 heteroatoms. The molecule has 0 saturated heterocycles. The smallest absolute Gasteiger partial charge is 0.333 e. The highest BCUT2D eigenvalue weighted by atomic mass is 32.7. The summed E-state index contributed by atoms with van der Waals surface area (Å²) in [5.74, 6) is -3.28. The quantitative estimate of drug-likeness (QED) is 0.247. The second kappa shape index (κ2) is 14.5. The van der Waals surface area contributed by atoms with Crippen LogP contribution in [0, 0.1) is 0 Å². The van der Waals surface area contributed by atoms with Gasteiger partial charge in [-0.3, -0.25) is 19.2 Å². The first kappa shape index (κ1) is 30.4. The van der Waals surface area contributed by atoms with E-state index in [0.717, 1.165) is 0 Å². The highest BCUT2D eigenvalue weighted by molar-refractivity contribution is 8.44. The molecule has 0 aliphatic carbocycles. The Balaban J connectivity index is 5.78. The monoisotopic (exact) mass is 534 g/mol. The summed E-state index contributed by atoms with van der Waals surface area (Å²) >= 11 is 1.26. The fourth-order valence-corrected chi connectivity index (χ4v) is 3.44. The van der Waals surface area contributed by atoms with Crippen LogP contribution in [-0.2, 0) is 33.0 Å². The van der Waals surface area contributed by atoms with Gasteiger partial charge in [0.1, 0.15) is 12.1 Å². The zero-order valence-electron chi connectivity index (χ0n) is 17.6. The van der Waals surface area contributed by atoms with Gasteiger partial charge in [0.05, 0.1) is 22.0 Å². The lowest BCUT2D eigenvalue weighted by Gasteiger charge is -2.33. The van der Waals surface area contributed by atoms with E-state index in [-0.39, 0.29) is 0 Å².